The largest absolute Gasteiger partial charge is 0.388 e. The minimum absolute atomic E-state index is 0.450. The van der Waals surface area contributed by atoms with Crippen molar-refractivity contribution in [3.8, 4) is 11.4 Å². The van der Waals surface area contributed by atoms with Crippen LogP contribution in [0.1, 0.15) is 23.7 Å². The van der Waals surface area contributed by atoms with E-state index in [0.29, 0.717) is 18.8 Å². The van der Waals surface area contributed by atoms with Crippen molar-refractivity contribution in [2.24, 2.45) is 0 Å². The average molecular weight is 368 g/mol. The Labute approximate surface area is 163 Å². The van der Waals surface area contributed by atoms with Crippen LogP contribution >= 0.6 is 0 Å². The lowest BCUT2D eigenvalue weighted by Gasteiger charge is -2.24. The van der Waals surface area contributed by atoms with Gasteiger partial charge in [0.15, 0.2) is 5.82 Å². The zero-order chi connectivity index (χ0) is 18.9. The van der Waals surface area contributed by atoms with Gasteiger partial charge in [0.05, 0.1) is 11.6 Å². The predicted molar refractivity (Wildman–Crippen MR) is 110 cm³/mol. The summed E-state index contributed by atoms with van der Waals surface area (Å²) < 4.78 is 0. The highest BCUT2D eigenvalue weighted by molar-refractivity contribution is 5.91. The third-order valence-corrected chi connectivity index (χ3v) is 5.27. The maximum Gasteiger partial charge on any atom is 0.162 e. The van der Waals surface area contributed by atoms with Crippen molar-refractivity contribution in [2.75, 3.05) is 11.4 Å². The number of hydrogen-bond donors (Lipinski definition) is 1. The lowest BCUT2D eigenvalue weighted by Crippen LogP contribution is -2.24. The first-order chi connectivity index (χ1) is 13.8. The van der Waals surface area contributed by atoms with E-state index in [0.717, 1.165) is 40.0 Å². The summed E-state index contributed by atoms with van der Waals surface area (Å²) in [7, 11) is 0. The molecule has 3 heterocycles. The molecule has 1 atom stereocenters. The normalized spacial score (nSPS) is 16.6. The molecule has 0 unspecified atom stereocenters. The molecule has 1 aliphatic heterocycles. The van der Waals surface area contributed by atoms with E-state index in [-0.39, 0.29) is 0 Å². The Morgan fingerprint density at radius 1 is 0.893 bits per heavy atom. The van der Waals surface area contributed by atoms with Gasteiger partial charge in [-0.3, -0.25) is 4.98 Å². The van der Waals surface area contributed by atoms with Crippen molar-refractivity contribution >= 4 is 16.7 Å². The van der Waals surface area contributed by atoms with Crippen LogP contribution in [-0.4, -0.2) is 26.6 Å². The van der Waals surface area contributed by atoms with E-state index in [1.165, 1.54) is 0 Å². The summed E-state index contributed by atoms with van der Waals surface area (Å²) in [4.78, 5) is 16.1. The van der Waals surface area contributed by atoms with E-state index < -0.39 is 6.10 Å². The maximum absolute atomic E-state index is 10.6. The van der Waals surface area contributed by atoms with Gasteiger partial charge in [0.1, 0.15) is 5.82 Å². The molecule has 138 valence electrons. The Morgan fingerprint density at radius 3 is 2.57 bits per heavy atom. The van der Waals surface area contributed by atoms with Crippen LogP contribution in [0.5, 0.6) is 0 Å². The number of nitrogens with zero attached hydrogens (tertiary/aromatic N) is 4. The van der Waals surface area contributed by atoms with E-state index in [1.54, 1.807) is 12.4 Å². The van der Waals surface area contributed by atoms with E-state index in [4.69, 9.17) is 9.97 Å². The Morgan fingerprint density at radius 2 is 1.68 bits per heavy atom. The van der Waals surface area contributed by atoms with Crippen LogP contribution in [0, 0.1) is 0 Å². The Bertz CT molecular complexity index is 1130. The first-order valence-corrected chi connectivity index (χ1v) is 9.47. The molecule has 0 aliphatic carbocycles. The number of para-hydroxylation sites is 1. The summed E-state index contributed by atoms with van der Waals surface area (Å²) in [6.07, 6.45) is 3.73. The number of hydrogen-bond acceptors (Lipinski definition) is 5. The minimum Gasteiger partial charge on any atom is -0.388 e. The number of benzene rings is 2. The first-order valence-electron chi connectivity index (χ1n) is 9.47. The SMILES string of the molecule is O[C@H]1CCN(c2nc(-c3ccncc3)nc3ccccc23)Cc2ccccc21. The van der Waals surface area contributed by atoms with Crippen LogP contribution in [0.3, 0.4) is 0 Å². The van der Waals surface area contributed by atoms with E-state index in [1.807, 2.05) is 48.5 Å². The highest BCUT2D eigenvalue weighted by Crippen LogP contribution is 2.33. The predicted octanol–water partition coefficient (Wildman–Crippen LogP) is 4.14. The molecule has 5 heteroatoms. The van der Waals surface area contributed by atoms with Crippen molar-refractivity contribution in [3.63, 3.8) is 0 Å². The smallest absolute Gasteiger partial charge is 0.162 e. The second kappa shape index (κ2) is 7.02. The number of aromatic nitrogens is 3. The molecular formula is C23H20N4O. The number of pyridine rings is 1. The number of aliphatic hydroxyl groups is 1. The quantitative estimate of drug-likeness (QED) is 0.576. The third-order valence-electron chi connectivity index (χ3n) is 5.27. The average Bonchev–Trinajstić information content (AvgIpc) is 2.93. The molecule has 28 heavy (non-hydrogen) atoms. The molecule has 0 saturated carbocycles. The van der Waals surface area contributed by atoms with E-state index in [9.17, 15) is 5.11 Å². The van der Waals surface area contributed by atoms with Crippen LogP contribution in [0.15, 0.2) is 73.1 Å². The second-order valence-electron chi connectivity index (χ2n) is 7.05. The Kier molecular flexibility index (Phi) is 4.22. The molecule has 5 rings (SSSR count). The monoisotopic (exact) mass is 368 g/mol. The molecule has 0 radical (unpaired) electrons. The van der Waals surface area contributed by atoms with Crippen molar-refractivity contribution in [3.05, 3.63) is 84.2 Å². The minimum atomic E-state index is -0.450. The lowest BCUT2D eigenvalue weighted by atomic mass is 10.0. The van der Waals surface area contributed by atoms with Crippen LogP contribution in [0.4, 0.5) is 5.82 Å². The Balaban J connectivity index is 1.66. The van der Waals surface area contributed by atoms with Gasteiger partial charge in [0.25, 0.3) is 0 Å². The number of anilines is 1. The summed E-state index contributed by atoms with van der Waals surface area (Å²) in [6, 6.07) is 20.1. The van der Waals surface area contributed by atoms with Crippen LogP contribution < -0.4 is 4.90 Å². The van der Waals surface area contributed by atoms with Gasteiger partial charge in [-0.1, -0.05) is 36.4 Å². The molecular weight excluding hydrogens is 348 g/mol. The second-order valence-corrected chi connectivity index (χ2v) is 7.05. The molecule has 0 saturated heterocycles. The molecule has 0 fully saturated rings. The van der Waals surface area contributed by atoms with Crippen LogP contribution in [-0.2, 0) is 6.54 Å². The van der Waals surface area contributed by atoms with Crippen LogP contribution in [0.2, 0.25) is 0 Å². The third kappa shape index (κ3) is 3.00. The number of aliphatic hydroxyl groups excluding tert-OH is 1. The van der Waals surface area contributed by atoms with Crippen molar-refractivity contribution in [2.45, 2.75) is 19.1 Å². The van der Waals surface area contributed by atoms with Gasteiger partial charge in [0, 0.05) is 36.4 Å². The van der Waals surface area contributed by atoms with E-state index in [2.05, 4.69) is 22.0 Å². The van der Waals surface area contributed by atoms with Crippen molar-refractivity contribution < 1.29 is 5.11 Å². The summed E-state index contributed by atoms with van der Waals surface area (Å²) in [6.45, 7) is 1.44. The van der Waals surface area contributed by atoms with Gasteiger partial charge in [-0.25, -0.2) is 9.97 Å². The molecule has 4 aromatic rings. The van der Waals surface area contributed by atoms with Crippen molar-refractivity contribution in [1.29, 1.82) is 0 Å². The molecule has 0 bridgehead atoms. The van der Waals surface area contributed by atoms with Gasteiger partial charge in [-0.15, -0.1) is 0 Å². The summed E-state index contributed by atoms with van der Waals surface area (Å²) in [5.41, 5.74) is 4.01. The van der Waals surface area contributed by atoms with Gasteiger partial charge in [-0.2, -0.15) is 0 Å². The van der Waals surface area contributed by atoms with Gasteiger partial charge in [-0.05, 0) is 41.8 Å². The highest BCUT2D eigenvalue weighted by atomic mass is 16.3. The fourth-order valence-corrected chi connectivity index (χ4v) is 3.83. The molecule has 1 aliphatic rings. The molecule has 2 aromatic heterocycles. The molecule has 1 N–H and O–H groups in total. The fraction of sp³-hybridized carbons (Fsp3) is 0.174. The van der Waals surface area contributed by atoms with Gasteiger partial charge >= 0.3 is 0 Å². The number of rotatable bonds is 2. The molecule has 0 amide bonds. The molecule has 2 aromatic carbocycles. The zero-order valence-corrected chi connectivity index (χ0v) is 15.4. The first kappa shape index (κ1) is 16.8. The van der Waals surface area contributed by atoms with Gasteiger partial charge < -0.3 is 10.0 Å². The topological polar surface area (TPSA) is 62.1 Å². The summed E-state index contributed by atoms with van der Waals surface area (Å²) in [5, 5.41) is 11.6. The molecule has 0 spiro atoms. The van der Waals surface area contributed by atoms with Crippen LogP contribution in [0.25, 0.3) is 22.3 Å². The highest BCUT2D eigenvalue weighted by Gasteiger charge is 2.23. The lowest BCUT2D eigenvalue weighted by molar-refractivity contribution is 0.171. The maximum atomic E-state index is 10.6. The fourth-order valence-electron chi connectivity index (χ4n) is 3.83. The van der Waals surface area contributed by atoms with Crippen molar-refractivity contribution in [1.82, 2.24) is 15.0 Å². The standard InChI is InChI=1S/C23H20N4O/c28-21-11-14-27(15-17-5-1-2-6-18(17)21)23-19-7-3-4-8-20(19)25-22(26-23)16-9-12-24-13-10-16/h1-10,12-13,21,28H,11,14-15H2/t21-/m0/s1. The molecule has 5 nitrogen and oxygen atoms in total. The van der Waals surface area contributed by atoms with E-state index >= 15 is 0 Å². The summed E-state index contributed by atoms with van der Waals surface area (Å²) >= 11 is 0. The van der Waals surface area contributed by atoms with Gasteiger partial charge in [0.2, 0.25) is 0 Å². The zero-order valence-electron chi connectivity index (χ0n) is 15.4. The Hall–Kier alpha value is -3.31. The number of fused-ring (bicyclic) bond motifs is 2. The summed E-state index contributed by atoms with van der Waals surface area (Å²) in [5.74, 6) is 1.59.